The van der Waals surface area contributed by atoms with Crippen LogP contribution in [0.25, 0.3) is 0 Å². The van der Waals surface area contributed by atoms with Gasteiger partial charge < -0.3 is 15.1 Å². The molecule has 3 rings (SSSR count). The summed E-state index contributed by atoms with van der Waals surface area (Å²) in [5.41, 5.74) is 1.92. The third-order valence-electron chi connectivity index (χ3n) is 4.22. The highest BCUT2D eigenvalue weighted by atomic mass is 16.4. The van der Waals surface area contributed by atoms with Gasteiger partial charge in [0.2, 0.25) is 0 Å². The standard InChI is InChI=1S/C15H18N2O4/c1-9-6-10-4-2-3-5-12(10)17(9)15(21)16-8-11(18)7-13(16)14(19)20/h2-5,9,11,13,18H,6-8H2,1H3,(H,19,20). The second kappa shape index (κ2) is 5.04. The molecule has 0 spiro atoms. The topological polar surface area (TPSA) is 81.1 Å². The molecule has 2 aliphatic heterocycles. The molecule has 0 radical (unpaired) electrons. The Labute approximate surface area is 122 Å². The fraction of sp³-hybridized carbons (Fsp3) is 0.467. The van der Waals surface area contributed by atoms with Crippen molar-refractivity contribution in [2.45, 2.75) is 38.0 Å². The van der Waals surface area contributed by atoms with Crippen LogP contribution >= 0.6 is 0 Å². The van der Waals surface area contributed by atoms with Crippen molar-refractivity contribution in [3.8, 4) is 0 Å². The quantitative estimate of drug-likeness (QED) is 0.811. The van der Waals surface area contributed by atoms with E-state index in [0.29, 0.717) is 0 Å². The summed E-state index contributed by atoms with van der Waals surface area (Å²) in [6, 6.07) is 6.35. The number of likely N-dealkylation sites (tertiary alicyclic amines) is 1. The number of carbonyl (C=O) groups is 2. The molecule has 0 saturated carbocycles. The van der Waals surface area contributed by atoms with Gasteiger partial charge in [0.25, 0.3) is 0 Å². The Bertz CT molecular complexity index is 589. The number of β-amino-alcohol motifs (C(OH)–C–C–N with tert-alkyl or cyclic N) is 1. The molecule has 1 aromatic carbocycles. The number of carboxylic acid groups (broad SMARTS) is 1. The first kappa shape index (κ1) is 13.9. The van der Waals surface area contributed by atoms with Crippen molar-refractivity contribution in [3.63, 3.8) is 0 Å². The number of benzene rings is 1. The number of fused-ring (bicyclic) bond motifs is 1. The predicted octanol–water partition coefficient (Wildman–Crippen LogP) is 1.08. The van der Waals surface area contributed by atoms with E-state index in [-0.39, 0.29) is 25.0 Å². The molecule has 6 nitrogen and oxygen atoms in total. The summed E-state index contributed by atoms with van der Waals surface area (Å²) >= 11 is 0. The van der Waals surface area contributed by atoms with Crippen molar-refractivity contribution in [2.75, 3.05) is 11.4 Å². The largest absolute Gasteiger partial charge is 0.480 e. The number of anilines is 1. The summed E-state index contributed by atoms with van der Waals surface area (Å²) in [6.07, 6.45) is 0.0734. The van der Waals surface area contributed by atoms with Gasteiger partial charge in [-0.3, -0.25) is 4.90 Å². The van der Waals surface area contributed by atoms with Crippen LogP contribution in [0.5, 0.6) is 0 Å². The molecule has 2 amide bonds. The molecule has 2 aliphatic rings. The Morgan fingerprint density at radius 2 is 2.00 bits per heavy atom. The highest BCUT2D eigenvalue weighted by Gasteiger charge is 2.43. The van der Waals surface area contributed by atoms with Gasteiger partial charge in [0.1, 0.15) is 6.04 Å². The van der Waals surface area contributed by atoms with E-state index in [4.69, 9.17) is 0 Å². The monoisotopic (exact) mass is 290 g/mol. The highest BCUT2D eigenvalue weighted by Crippen LogP contribution is 2.34. The van der Waals surface area contributed by atoms with Crippen LogP contribution < -0.4 is 4.90 Å². The number of aliphatic hydroxyl groups excluding tert-OH is 1. The van der Waals surface area contributed by atoms with Gasteiger partial charge in [0.15, 0.2) is 0 Å². The molecule has 112 valence electrons. The van der Waals surface area contributed by atoms with Crippen LogP contribution in [0.4, 0.5) is 10.5 Å². The van der Waals surface area contributed by atoms with Crippen LogP contribution in [0.15, 0.2) is 24.3 Å². The molecular formula is C15H18N2O4. The smallest absolute Gasteiger partial charge is 0.326 e. The number of carbonyl (C=O) groups excluding carboxylic acids is 1. The summed E-state index contributed by atoms with van der Waals surface area (Å²) < 4.78 is 0. The molecule has 3 unspecified atom stereocenters. The van der Waals surface area contributed by atoms with Crippen LogP contribution in [-0.2, 0) is 11.2 Å². The minimum absolute atomic E-state index is 0.0120. The Morgan fingerprint density at radius 1 is 1.29 bits per heavy atom. The average Bonchev–Trinajstić information content (AvgIpc) is 2.97. The van der Waals surface area contributed by atoms with Crippen LogP contribution in [0.1, 0.15) is 18.9 Å². The molecule has 2 heterocycles. The van der Waals surface area contributed by atoms with Gasteiger partial charge in [-0.2, -0.15) is 0 Å². The Hall–Kier alpha value is -2.08. The number of urea groups is 1. The van der Waals surface area contributed by atoms with Crippen molar-refractivity contribution in [2.24, 2.45) is 0 Å². The molecule has 1 saturated heterocycles. The van der Waals surface area contributed by atoms with Crippen LogP contribution in [-0.4, -0.2) is 51.8 Å². The lowest BCUT2D eigenvalue weighted by atomic mass is 10.1. The molecule has 2 N–H and O–H groups in total. The predicted molar refractivity (Wildman–Crippen MR) is 76.2 cm³/mol. The second-order valence-electron chi connectivity index (χ2n) is 5.73. The summed E-state index contributed by atoms with van der Waals surface area (Å²) in [5.74, 6) is -1.07. The number of nitrogens with zero attached hydrogens (tertiary/aromatic N) is 2. The molecular weight excluding hydrogens is 272 g/mol. The van der Waals surface area contributed by atoms with Crippen LogP contribution in [0.2, 0.25) is 0 Å². The Kier molecular flexibility index (Phi) is 3.33. The first-order valence-electron chi connectivity index (χ1n) is 7.07. The number of hydrogen-bond acceptors (Lipinski definition) is 3. The summed E-state index contributed by atoms with van der Waals surface area (Å²) in [7, 11) is 0. The van der Waals surface area contributed by atoms with Gasteiger partial charge in [0, 0.05) is 24.7 Å². The molecule has 3 atom stereocenters. The SMILES string of the molecule is CC1Cc2ccccc2N1C(=O)N1CC(O)CC1C(=O)O. The minimum Gasteiger partial charge on any atom is -0.480 e. The van der Waals surface area contributed by atoms with E-state index < -0.39 is 18.1 Å². The zero-order valence-corrected chi connectivity index (χ0v) is 11.8. The lowest BCUT2D eigenvalue weighted by molar-refractivity contribution is -0.141. The highest BCUT2D eigenvalue weighted by molar-refractivity contribution is 5.97. The number of aliphatic carboxylic acids is 1. The second-order valence-corrected chi connectivity index (χ2v) is 5.73. The number of rotatable bonds is 1. The molecule has 0 aromatic heterocycles. The normalized spacial score (nSPS) is 27.8. The van der Waals surface area contributed by atoms with E-state index in [0.717, 1.165) is 17.7 Å². The van der Waals surface area contributed by atoms with E-state index in [1.165, 1.54) is 4.90 Å². The van der Waals surface area contributed by atoms with Crippen LogP contribution in [0.3, 0.4) is 0 Å². The maximum atomic E-state index is 12.8. The Balaban J connectivity index is 1.90. The van der Waals surface area contributed by atoms with Gasteiger partial charge >= 0.3 is 12.0 Å². The Morgan fingerprint density at radius 3 is 2.71 bits per heavy atom. The zero-order chi connectivity index (χ0) is 15.1. The van der Waals surface area contributed by atoms with Gasteiger partial charge in [-0.15, -0.1) is 0 Å². The number of carboxylic acids is 1. The van der Waals surface area contributed by atoms with Crippen LogP contribution in [0, 0.1) is 0 Å². The van der Waals surface area contributed by atoms with E-state index in [2.05, 4.69) is 0 Å². The lowest BCUT2D eigenvalue weighted by Gasteiger charge is -2.30. The van der Waals surface area contributed by atoms with Gasteiger partial charge in [0.05, 0.1) is 6.10 Å². The van der Waals surface area contributed by atoms with E-state index >= 15 is 0 Å². The third-order valence-corrected chi connectivity index (χ3v) is 4.22. The van der Waals surface area contributed by atoms with Gasteiger partial charge in [-0.05, 0) is 25.0 Å². The number of hydrogen-bond donors (Lipinski definition) is 2. The molecule has 0 bridgehead atoms. The van der Waals surface area contributed by atoms with Gasteiger partial charge in [-0.25, -0.2) is 9.59 Å². The summed E-state index contributed by atoms with van der Waals surface area (Å²) in [5, 5.41) is 18.9. The zero-order valence-electron chi connectivity index (χ0n) is 11.8. The van der Waals surface area contributed by atoms with Crippen molar-refractivity contribution in [1.82, 2.24) is 4.90 Å². The molecule has 21 heavy (non-hydrogen) atoms. The minimum atomic E-state index is -1.07. The first-order valence-corrected chi connectivity index (χ1v) is 7.07. The van der Waals surface area contributed by atoms with E-state index in [1.807, 2.05) is 31.2 Å². The van der Waals surface area contributed by atoms with Crippen molar-refractivity contribution in [1.29, 1.82) is 0 Å². The maximum absolute atomic E-state index is 12.8. The lowest BCUT2D eigenvalue weighted by Crippen LogP contribution is -2.50. The van der Waals surface area contributed by atoms with Gasteiger partial charge in [-0.1, -0.05) is 18.2 Å². The van der Waals surface area contributed by atoms with Crippen molar-refractivity contribution < 1.29 is 19.8 Å². The van der Waals surface area contributed by atoms with E-state index in [9.17, 15) is 19.8 Å². The molecule has 0 aliphatic carbocycles. The fourth-order valence-corrected chi connectivity index (χ4v) is 3.25. The van der Waals surface area contributed by atoms with E-state index in [1.54, 1.807) is 4.90 Å². The number of aliphatic hydroxyl groups is 1. The molecule has 1 fully saturated rings. The average molecular weight is 290 g/mol. The first-order chi connectivity index (χ1) is 9.99. The van der Waals surface area contributed by atoms with Crippen molar-refractivity contribution >= 4 is 17.7 Å². The third kappa shape index (κ3) is 2.25. The molecule has 6 heteroatoms. The summed E-state index contributed by atoms with van der Waals surface area (Å²) in [4.78, 5) is 27.0. The molecule has 1 aromatic rings. The van der Waals surface area contributed by atoms with Crippen molar-refractivity contribution in [3.05, 3.63) is 29.8 Å². The number of para-hydroxylation sites is 1. The number of amides is 2. The maximum Gasteiger partial charge on any atom is 0.326 e. The fourth-order valence-electron chi connectivity index (χ4n) is 3.25. The summed E-state index contributed by atoms with van der Waals surface area (Å²) in [6.45, 7) is 2.02.